The fourth-order valence-corrected chi connectivity index (χ4v) is 3.72. The molecule has 4 rings (SSSR count). The second-order valence-electron chi connectivity index (χ2n) is 7.11. The van der Waals surface area contributed by atoms with Crippen molar-refractivity contribution in [2.75, 3.05) is 25.0 Å². The number of rotatable bonds is 3. The number of fused-ring (bicyclic) bond motifs is 1. The topological polar surface area (TPSA) is 110 Å². The van der Waals surface area contributed by atoms with Gasteiger partial charge in [0.25, 0.3) is 5.91 Å². The van der Waals surface area contributed by atoms with Crippen LogP contribution < -0.4 is 15.5 Å². The van der Waals surface area contributed by atoms with E-state index in [1.807, 2.05) is 0 Å². The van der Waals surface area contributed by atoms with Gasteiger partial charge in [-0.25, -0.2) is 9.18 Å². The van der Waals surface area contributed by atoms with E-state index in [9.17, 15) is 18.8 Å². The van der Waals surface area contributed by atoms with E-state index in [2.05, 4.69) is 20.8 Å². The summed E-state index contributed by atoms with van der Waals surface area (Å²) in [7, 11) is 1.53. The number of halogens is 1. The Hall–Kier alpha value is -3.43. The van der Waals surface area contributed by atoms with Gasteiger partial charge in [-0.2, -0.15) is 5.10 Å². The largest absolute Gasteiger partial charge is 0.354 e. The Morgan fingerprint density at radius 2 is 2.03 bits per heavy atom. The van der Waals surface area contributed by atoms with Gasteiger partial charge < -0.3 is 20.4 Å². The summed E-state index contributed by atoms with van der Waals surface area (Å²) in [6.07, 6.45) is 0.745. The van der Waals surface area contributed by atoms with Gasteiger partial charge in [0.2, 0.25) is 5.91 Å². The van der Waals surface area contributed by atoms with Crippen LogP contribution >= 0.6 is 0 Å². The van der Waals surface area contributed by atoms with Gasteiger partial charge in [-0.3, -0.25) is 14.7 Å². The number of hydrogen-bond acceptors (Lipinski definition) is 4. The highest BCUT2D eigenvalue weighted by Gasteiger charge is 2.34. The lowest BCUT2D eigenvalue weighted by Gasteiger charge is -2.28. The summed E-state index contributed by atoms with van der Waals surface area (Å²) in [5.41, 5.74) is 2.45. The van der Waals surface area contributed by atoms with Gasteiger partial charge in [0.1, 0.15) is 5.82 Å². The first-order valence-corrected chi connectivity index (χ1v) is 9.36. The molecular formula is C19H21FN6O3. The van der Waals surface area contributed by atoms with Crippen LogP contribution in [0.5, 0.6) is 0 Å². The SMILES string of the molecule is CNC(=O)c1n[nH]c2c1CN(C(=O)N[C@@H]1CC(=O)N(c3ccc(F)cc3)C1)CC2. The molecule has 0 bridgehead atoms. The Morgan fingerprint density at radius 3 is 2.76 bits per heavy atom. The summed E-state index contributed by atoms with van der Waals surface area (Å²) in [6.45, 7) is 1.07. The molecule has 29 heavy (non-hydrogen) atoms. The third-order valence-corrected chi connectivity index (χ3v) is 5.25. The smallest absolute Gasteiger partial charge is 0.318 e. The molecular weight excluding hydrogens is 379 g/mol. The number of benzene rings is 1. The van der Waals surface area contributed by atoms with Crippen LogP contribution in [0.15, 0.2) is 24.3 Å². The van der Waals surface area contributed by atoms with E-state index in [4.69, 9.17) is 0 Å². The van der Waals surface area contributed by atoms with Crippen LogP contribution in [-0.2, 0) is 17.8 Å². The van der Waals surface area contributed by atoms with Crippen molar-refractivity contribution in [3.8, 4) is 0 Å². The Morgan fingerprint density at radius 1 is 1.28 bits per heavy atom. The summed E-state index contributed by atoms with van der Waals surface area (Å²) in [5, 5.41) is 12.3. The standard InChI is InChI=1S/C19H21FN6O3/c1-21-18(28)17-14-10-25(7-6-15(14)23-24-17)19(29)22-12-8-16(27)26(9-12)13-4-2-11(20)3-5-13/h2-5,12H,6-10H2,1H3,(H,21,28)(H,22,29)(H,23,24)/t12-/m1/s1. The van der Waals surface area contributed by atoms with Crippen molar-refractivity contribution in [3.05, 3.63) is 47.0 Å². The fourth-order valence-electron chi connectivity index (χ4n) is 3.72. The molecule has 2 aromatic rings. The highest BCUT2D eigenvalue weighted by atomic mass is 19.1. The molecule has 4 amide bonds. The van der Waals surface area contributed by atoms with E-state index < -0.39 is 0 Å². The lowest BCUT2D eigenvalue weighted by molar-refractivity contribution is -0.117. The number of amides is 4. The Balaban J connectivity index is 1.40. The number of carbonyl (C=O) groups excluding carboxylic acids is 3. The quantitative estimate of drug-likeness (QED) is 0.707. The van der Waals surface area contributed by atoms with Crippen LogP contribution in [0, 0.1) is 5.82 Å². The second kappa shape index (κ2) is 7.53. The summed E-state index contributed by atoms with van der Waals surface area (Å²) in [4.78, 5) is 40.2. The number of aromatic nitrogens is 2. The maximum Gasteiger partial charge on any atom is 0.318 e. The third-order valence-electron chi connectivity index (χ3n) is 5.25. The molecule has 0 radical (unpaired) electrons. The zero-order valence-electron chi connectivity index (χ0n) is 15.9. The van der Waals surface area contributed by atoms with Crippen molar-refractivity contribution in [3.63, 3.8) is 0 Å². The second-order valence-corrected chi connectivity index (χ2v) is 7.11. The molecule has 9 nitrogen and oxygen atoms in total. The van der Waals surface area contributed by atoms with E-state index in [1.165, 1.54) is 19.2 Å². The van der Waals surface area contributed by atoms with Gasteiger partial charge >= 0.3 is 6.03 Å². The molecule has 0 spiro atoms. The van der Waals surface area contributed by atoms with Crippen molar-refractivity contribution >= 4 is 23.5 Å². The van der Waals surface area contributed by atoms with Crippen LogP contribution in [0.4, 0.5) is 14.9 Å². The van der Waals surface area contributed by atoms with E-state index in [1.54, 1.807) is 21.9 Å². The predicted molar refractivity (Wildman–Crippen MR) is 102 cm³/mol. The molecule has 2 aliphatic rings. The molecule has 0 unspecified atom stereocenters. The number of H-pyrrole nitrogens is 1. The summed E-state index contributed by atoms with van der Waals surface area (Å²) >= 11 is 0. The minimum absolute atomic E-state index is 0.125. The summed E-state index contributed by atoms with van der Waals surface area (Å²) in [5.74, 6) is -0.800. The average Bonchev–Trinajstić information content (AvgIpc) is 3.30. The maximum atomic E-state index is 13.1. The summed E-state index contributed by atoms with van der Waals surface area (Å²) < 4.78 is 13.1. The highest BCUT2D eigenvalue weighted by Crippen LogP contribution is 2.23. The van der Waals surface area contributed by atoms with Gasteiger partial charge in [0.05, 0.1) is 12.6 Å². The van der Waals surface area contributed by atoms with Crippen molar-refractivity contribution in [1.82, 2.24) is 25.7 Å². The Bertz CT molecular complexity index is 957. The first-order valence-electron chi connectivity index (χ1n) is 9.36. The zero-order chi connectivity index (χ0) is 20.5. The Labute approximate surface area is 166 Å². The number of nitrogens with zero attached hydrogens (tertiary/aromatic N) is 3. The minimum Gasteiger partial charge on any atom is -0.354 e. The molecule has 10 heteroatoms. The number of hydrogen-bond donors (Lipinski definition) is 3. The molecule has 1 aromatic heterocycles. The molecule has 0 aliphatic carbocycles. The molecule has 1 aromatic carbocycles. The van der Waals surface area contributed by atoms with Crippen LogP contribution in [0.1, 0.15) is 28.2 Å². The van der Waals surface area contributed by atoms with Crippen molar-refractivity contribution in [2.24, 2.45) is 0 Å². The molecule has 0 saturated carbocycles. The zero-order valence-corrected chi connectivity index (χ0v) is 15.9. The van der Waals surface area contributed by atoms with Crippen LogP contribution in [0.3, 0.4) is 0 Å². The molecule has 1 saturated heterocycles. The lowest BCUT2D eigenvalue weighted by Crippen LogP contribution is -2.47. The normalized spacial score (nSPS) is 18.6. The van der Waals surface area contributed by atoms with Crippen molar-refractivity contribution in [1.29, 1.82) is 0 Å². The fraction of sp³-hybridized carbons (Fsp3) is 0.368. The van der Waals surface area contributed by atoms with Crippen LogP contribution in [0.2, 0.25) is 0 Å². The van der Waals surface area contributed by atoms with E-state index in [0.717, 1.165) is 5.69 Å². The van der Waals surface area contributed by atoms with Gasteiger partial charge in [0.15, 0.2) is 5.69 Å². The van der Waals surface area contributed by atoms with Crippen molar-refractivity contribution < 1.29 is 18.8 Å². The van der Waals surface area contributed by atoms with Crippen LogP contribution in [-0.4, -0.2) is 59.1 Å². The first-order chi connectivity index (χ1) is 14.0. The lowest BCUT2D eigenvalue weighted by atomic mass is 10.1. The number of urea groups is 1. The molecule has 1 fully saturated rings. The Kier molecular flexibility index (Phi) is 4.91. The maximum absolute atomic E-state index is 13.1. The van der Waals surface area contributed by atoms with Gasteiger partial charge in [-0.15, -0.1) is 0 Å². The van der Waals surface area contributed by atoms with Gasteiger partial charge in [0, 0.05) is 49.9 Å². The van der Waals surface area contributed by atoms with E-state index in [-0.39, 0.29) is 42.7 Å². The number of aromatic amines is 1. The predicted octanol–water partition coefficient (Wildman–Crippen LogP) is 0.782. The van der Waals surface area contributed by atoms with Crippen molar-refractivity contribution in [2.45, 2.75) is 25.4 Å². The van der Waals surface area contributed by atoms with Gasteiger partial charge in [-0.05, 0) is 24.3 Å². The number of anilines is 1. The number of nitrogens with one attached hydrogen (secondary N) is 3. The number of carbonyl (C=O) groups is 3. The summed E-state index contributed by atoms with van der Waals surface area (Å²) in [6, 6.07) is 5.05. The first kappa shape index (κ1) is 18.9. The monoisotopic (exact) mass is 400 g/mol. The third kappa shape index (κ3) is 3.65. The highest BCUT2D eigenvalue weighted by molar-refractivity contribution is 5.97. The van der Waals surface area contributed by atoms with E-state index in [0.29, 0.717) is 36.5 Å². The average molecular weight is 400 g/mol. The molecule has 152 valence electrons. The molecule has 2 aliphatic heterocycles. The molecule has 3 heterocycles. The molecule has 3 N–H and O–H groups in total. The van der Waals surface area contributed by atoms with Gasteiger partial charge in [-0.1, -0.05) is 0 Å². The van der Waals surface area contributed by atoms with Crippen LogP contribution in [0.25, 0.3) is 0 Å². The van der Waals surface area contributed by atoms with E-state index >= 15 is 0 Å². The molecule has 1 atom stereocenters. The minimum atomic E-state index is -0.370.